The van der Waals surface area contributed by atoms with Crippen LogP contribution in [0.3, 0.4) is 0 Å². The smallest absolute Gasteiger partial charge is 0.318 e. The summed E-state index contributed by atoms with van der Waals surface area (Å²) < 4.78 is 26.7. The zero-order valence-electron chi connectivity index (χ0n) is 17.3. The van der Waals surface area contributed by atoms with E-state index < -0.39 is 15.8 Å². The van der Waals surface area contributed by atoms with Crippen molar-refractivity contribution in [3.05, 3.63) is 35.5 Å². The van der Waals surface area contributed by atoms with Gasteiger partial charge < -0.3 is 20.3 Å². The molecule has 30 heavy (non-hydrogen) atoms. The summed E-state index contributed by atoms with van der Waals surface area (Å²) >= 11 is 0. The molecule has 0 radical (unpaired) electrons. The van der Waals surface area contributed by atoms with E-state index in [-0.39, 0.29) is 17.8 Å². The summed E-state index contributed by atoms with van der Waals surface area (Å²) in [5, 5.41) is 4.82. The number of nitrogens with one attached hydrogen (secondary N) is 2. The van der Waals surface area contributed by atoms with Crippen molar-refractivity contribution in [1.29, 1.82) is 0 Å². The number of aromatic nitrogens is 2. The third-order valence-electron chi connectivity index (χ3n) is 5.59. The first-order valence-corrected chi connectivity index (χ1v) is 11.7. The second-order valence-electron chi connectivity index (χ2n) is 7.63. The van der Waals surface area contributed by atoms with Gasteiger partial charge in [-0.3, -0.25) is 9.11 Å². The highest BCUT2D eigenvalue weighted by Gasteiger charge is 2.40. The molecule has 2 aliphatic heterocycles. The molecule has 0 spiro atoms. The lowest BCUT2D eigenvalue weighted by molar-refractivity contribution is 0.0984. The normalized spacial score (nSPS) is 23.6. The highest BCUT2D eigenvalue weighted by Crippen LogP contribution is 2.63. The summed E-state index contributed by atoms with van der Waals surface area (Å²) in [7, 11) is -1.24. The minimum absolute atomic E-state index is 0.124. The molecule has 1 aromatic carbocycles. The van der Waals surface area contributed by atoms with Crippen LogP contribution in [0.2, 0.25) is 0 Å². The molecule has 2 atom stereocenters. The SMILES string of the molecule is CNC(=O)Nc1ccc(-c2nc3c(c(N4CCOC[C@@H]4C)n2)C(C)S(O)(O)C3)cc1. The monoisotopic (exact) mass is 433 g/mol. The highest BCUT2D eigenvalue weighted by atomic mass is 32.3. The molecule has 10 heteroatoms. The quantitative estimate of drug-likeness (QED) is 0.585. The Morgan fingerprint density at radius 2 is 1.97 bits per heavy atom. The van der Waals surface area contributed by atoms with Crippen molar-refractivity contribution >= 4 is 28.1 Å². The molecule has 0 aliphatic carbocycles. The number of hydrogen-bond acceptors (Lipinski definition) is 7. The molecule has 0 bridgehead atoms. The second-order valence-corrected chi connectivity index (χ2v) is 10.1. The Kier molecular flexibility index (Phi) is 5.58. The van der Waals surface area contributed by atoms with Crippen LogP contribution in [-0.2, 0) is 10.5 Å². The van der Waals surface area contributed by atoms with Gasteiger partial charge in [-0.1, -0.05) is 0 Å². The molecule has 2 amide bonds. The number of carbonyl (C=O) groups excluding carboxylic acids is 1. The third kappa shape index (κ3) is 3.83. The average Bonchev–Trinajstić information content (AvgIpc) is 2.96. The fraction of sp³-hybridized carbons (Fsp3) is 0.450. The van der Waals surface area contributed by atoms with E-state index in [1.54, 1.807) is 19.2 Å². The lowest BCUT2D eigenvalue weighted by atomic mass is 10.1. The number of nitrogens with zero attached hydrogens (tertiary/aromatic N) is 3. The van der Waals surface area contributed by atoms with Gasteiger partial charge in [0.2, 0.25) is 0 Å². The third-order valence-corrected chi connectivity index (χ3v) is 7.66. The van der Waals surface area contributed by atoms with Gasteiger partial charge in [-0.05, 0) is 38.1 Å². The van der Waals surface area contributed by atoms with E-state index in [1.165, 1.54) is 0 Å². The van der Waals surface area contributed by atoms with Gasteiger partial charge in [0, 0.05) is 30.4 Å². The number of carbonyl (C=O) groups is 1. The molecule has 0 saturated carbocycles. The van der Waals surface area contributed by atoms with Crippen LogP contribution in [0.5, 0.6) is 0 Å². The summed E-state index contributed by atoms with van der Waals surface area (Å²) in [6.07, 6.45) is 0. The standard InChI is InChI=1S/C20H27N5O4S/c1-12-10-29-9-8-25(12)19-17-13(2)30(27,28)11-16(17)23-18(24-19)14-4-6-15(7-5-14)22-20(26)21-3/h4-7,12-13,27-28H,8-11H2,1-3H3,(H2,21,22,26)/t12-,13?/m0/s1. The zero-order chi connectivity index (χ0) is 21.5. The molecular formula is C20H27N5O4S. The number of rotatable bonds is 3. The van der Waals surface area contributed by atoms with Crippen molar-refractivity contribution in [1.82, 2.24) is 15.3 Å². The predicted molar refractivity (Wildman–Crippen MR) is 118 cm³/mol. The van der Waals surface area contributed by atoms with E-state index in [2.05, 4.69) is 27.4 Å². The van der Waals surface area contributed by atoms with Crippen LogP contribution in [-0.4, -0.2) is 58.0 Å². The first-order chi connectivity index (χ1) is 14.3. The van der Waals surface area contributed by atoms with E-state index in [0.29, 0.717) is 37.0 Å². The van der Waals surface area contributed by atoms with Crippen molar-refractivity contribution in [2.45, 2.75) is 30.9 Å². The number of hydrogen-bond donors (Lipinski definition) is 4. The summed E-state index contributed by atoms with van der Waals surface area (Å²) in [5.74, 6) is 1.42. The molecule has 2 aromatic rings. The first kappa shape index (κ1) is 20.9. The number of fused-ring (bicyclic) bond motifs is 1. The fourth-order valence-electron chi connectivity index (χ4n) is 3.83. The maximum atomic E-state index is 11.5. The van der Waals surface area contributed by atoms with Crippen LogP contribution < -0.4 is 15.5 Å². The van der Waals surface area contributed by atoms with Crippen molar-refractivity contribution in [3.8, 4) is 11.4 Å². The Balaban J connectivity index is 1.75. The summed E-state index contributed by atoms with van der Waals surface area (Å²) in [5.41, 5.74) is 2.96. The number of benzene rings is 1. The number of urea groups is 1. The molecule has 162 valence electrons. The van der Waals surface area contributed by atoms with Crippen LogP contribution in [0.4, 0.5) is 16.3 Å². The minimum atomic E-state index is -2.80. The second kappa shape index (κ2) is 8.03. The van der Waals surface area contributed by atoms with Crippen molar-refractivity contribution < 1.29 is 18.6 Å². The molecule has 4 N–H and O–H groups in total. The van der Waals surface area contributed by atoms with Crippen LogP contribution in [0.15, 0.2) is 24.3 Å². The highest BCUT2D eigenvalue weighted by molar-refractivity contribution is 8.24. The molecule has 1 unspecified atom stereocenters. The largest absolute Gasteiger partial charge is 0.377 e. The van der Waals surface area contributed by atoms with Crippen molar-refractivity contribution in [3.63, 3.8) is 0 Å². The van der Waals surface area contributed by atoms with Crippen molar-refractivity contribution in [2.24, 2.45) is 0 Å². The van der Waals surface area contributed by atoms with Crippen LogP contribution >= 0.6 is 10.6 Å². The van der Waals surface area contributed by atoms with E-state index in [0.717, 1.165) is 16.9 Å². The maximum Gasteiger partial charge on any atom is 0.318 e. The lowest BCUT2D eigenvalue weighted by Gasteiger charge is -2.37. The molecule has 1 aromatic heterocycles. The number of morpholine rings is 1. The maximum absolute atomic E-state index is 11.5. The summed E-state index contributed by atoms with van der Waals surface area (Å²) in [6, 6.07) is 7.09. The predicted octanol–water partition coefficient (Wildman–Crippen LogP) is 3.45. The Hall–Kier alpha value is -2.40. The Morgan fingerprint density at radius 3 is 2.63 bits per heavy atom. The molecule has 3 heterocycles. The van der Waals surface area contributed by atoms with E-state index in [9.17, 15) is 13.9 Å². The molecule has 9 nitrogen and oxygen atoms in total. The van der Waals surface area contributed by atoms with Crippen LogP contribution in [0.1, 0.15) is 30.4 Å². The summed E-state index contributed by atoms with van der Waals surface area (Å²) in [4.78, 5) is 23.2. The topological polar surface area (TPSA) is 120 Å². The Bertz CT molecular complexity index is 953. The van der Waals surface area contributed by atoms with Gasteiger partial charge in [-0.2, -0.15) is 10.6 Å². The average molecular weight is 434 g/mol. The van der Waals surface area contributed by atoms with Gasteiger partial charge in [-0.15, -0.1) is 0 Å². The minimum Gasteiger partial charge on any atom is -0.377 e. The molecular weight excluding hydrogens is 406 g/mol. The number of ether oxygens (including phenoxy) is 1. The summed E-state index contributed by atoms with van der Waals surface area (Å²) in [6.45, 7) is 5.79. The Morgan fingerprint density at radius 1 is 1.23 bits per heavy atom. The fourth-order valence-corrected chi connectivity index (χ4v) is 5.32. The van der Waals surface area contributed by atoms with Gasteiger partial charge in [0.25, 0.3) is 0 Å². The number of amides is 2. The molecule has 4 rings (SSSR count). The van der Waals surface area contributed by atoms with Gasteiger partial charge in [-0.25, -0.2) is 14.8 Å². The molecule has 2 aliphatic rings. The van der Waals surface area contributed by atoms with Gasteiger partial charge in [0.15, 0.2) is 5.82 Å². The van der Waals surface area contributed by atoms with E-state index >= 15 is 0 Å². The van der Waals surface area contributed by atoms with E-state index in [4.69, 9.17) is 9.72 Å². The van der Waals surface area contributed by atoms with Crippen LogP contribution in [0.25, 0.3) is 11.4 Å². The molecule has 1 saturated heterocycles. The first-order valence-electron chi connectivity index (χ1n) is 9.89. The van der Waals surface area contributed by atoms with Gasteiger partial charge >= 0.3 is 6.03 Å². The van der Waals surface area contributed by atoms with E-state index in [1.807, 2.05) is 19.1 Å². The van der Waals surface area contributed by atoms with Gasteiger partial charge in [0.1, 0.15) is 5.82 Å². The molecule has 1 fully saturated rings. The van der Waals surface area contributed by atoms with Crippen molar-refractivity contribution in [2.75, 3.05) is 37.0 Å². The lowest BCUT2D eigenvalue weighted by Crippen LogP contribution is -2.44. The van der Waals surface area contributed by atoms with Crippen LogP contribution in [0, 0.1) is 0 Å². The van der Waals surface area contributed by atoms with Gasteiger partial charge in [0.05, 0.1) is 36.0 Å². The number of anilines is 2. The Labute approximate surface area is 177 Å². The zero-order valence-corrected chi connectivity index (χ0v) is 18.1.